The molecular weight excluding hydrogens is 406 g/mol. The van der Waals surface area contributed by atoms with Crippen molar-refractivity contribution in [3.8, 4) is 0 Å². The first kappa shape index (κ1) is 20.5. The number of hydrogen-bond donors (Lipinski definition) is 0. The minimum Gasteiger partial charge on any atom is -0.356 e. The van der Waals surface area contributed by atoms with Crippen LogP contribution in [0.15, 0.2) is 48.5 Å². The maximum atomic E-state index is 6.36. The van der Waals surface area contributed by atoms with Crippen LogP contribution in [0, 0.1) is 0 Å². The molecule has 2 aromatic carbocycles. The average molecular weight is 436 g/mol. The number of benzene rings is 2. The van der Waals surface area contributed by atoms with Crippen LogP contribution in [0.1, 0.15) is 31.2 Å². The highest BCUT2D eigenvalue weighted by Gasteiger charge is 2.22. The fraction of sp³-hybridized carbons (Fsp3) is 0.440. The molecule has 3 heterocycles. The quantitative estimate of drug-likeness (QED) is 0.577. The van der Waals surface area contributed by atoms with Crippen molar-refractivity contribution in [3.05, 3.63) is 59.1 Å². The lowest BCUT2D eigenvalue weighted by molar-refractivity contribution is 0.249. The van der Waals surface area contributed by atoms with Crippen molar-refractivity contribution in [2.75, 3.05) is 49.1 Å². The Morgan fingerprint density at radius 3 is 2.19 bits per heavy atom. The van der Waals surface area contributed by atoms with Gasteiger partial charge in [0.15, 0.2) is 0 Å². The molecule has 1 aromatic heterocycles. The van der Waals surface area contributed by atoms with Gasteiger partial charge in [-0.15, -0.1) is 0 Å². The molecule has 0 aliphatic carbocycles. The number of hydrogen-bond acceptors (Lipinski definition) is 5. The third-order valence-corrected chi connectivity index (χ3v) is 6.85. The Labute approximate surface area is 189 Å². The van der Waals surface area contributed by atoms with Crippen LogP contribution < -0.4 is 9.80 Å². The van der Waals surface area contributed by atoms with Crippen molar-refractivity contribution in [3.63, 3.8) is 0 Å². The molecule has 2 aliphatic heterocycles. The zero-order chi connectivity index (χ0) is 21.0. The summed E-state index contributed by atoms with van der Waals surface area (Å²) in [6, 6.07) is 16.6. The standard InChI is InChI=1S/C25H30ClN5/c26-22-11-5-3-9-20(22)19-29-15-17-31(18-16-29)25-27-23-12-6-4-10-21(23)24(28-25)30-13-7-1-2-8-14-30/h3-6,9-12H,1-2,7-8,13-19H2. The summed E-state index contributed by atoms with van der Waals surface area (Å²) < 4.78 is 0. The number of nitrogens with zero attached hydrogens (tertiary/aromatic N) is 5. The van der Waals surface area contributed by atoms with Gasteiger partial charge in [-0.05, 0) is 36.6 Å². The van der Waals surface area contributed by atoms with Crippen molar-refractivity contribution in [1.82, 2.24) is 14.9 Å². The third kappa shape index (κ3) is 4.63. The molecule has 2 fully saturated rings. The molecule has 31 heavy (non-hydrogen) atoms. The van der Waals surface area contributed by atoms with Crippen molar-refractivity contribution in [1.29, 1.82) is 0 Å². The summed E-state index contributed by atoms with van der Waals surface area (Å²) in [6.45, 7) is 6.91. The van der Waals surface area contributed by atoms with Gasteiger partial charge >= 0.3 is 0 Å². The van der Waals surface area contributed by atoms with E-state index < -0.39 is 0 Å². The van der Waals surface area contributed by atoms with Gasteiger partial charge in [-0.2, -0.15) is 4.98 Å². The fourth-order valence-corrected chi connectivity index (χ4v) is 4.88. The van der Waals surface area contributed by atoms with E-state index in [1.54, 1.807) is 0 Å². The highest BCUT2D eigenvalue weighted by atomic mass is 35.5. The summed E-state index contributed by atoms with van der Waals surface area (Å²) in [6.07, 6.45) is 5.13. The van der Waals surface area contributed by atoms with Gasteiger partial charge in [0.25, 0.3) is 0 Å². The molecule has 5 rings (SSSR count). The predicted molar refractivity (Wildman–Crippen MR) is 129 cm³/mol. The Hall–Kier alpha value is -2.37. The molecule has 0 saturated carbocycles. The van der Waals surface area contributed by atoms with Crippen LogP contribution in [0.25, 0.3) is 10.9 Å². The molecule has 6 heteroatoms. The normalized spacial score (nSPS) is 18.4. The Kier molecular flexibility index (Phi) is 6.23. The molecule has 0 radical (unpaired) electrons. The molecule has 0 atom stereocenters. The summed E-state index contributed by atoms with van der Waals surface area (Å²) in [5, 5.41) is 2.02. The summed E-state index contributed by atoms with van der Waals surface area (Å²) in [4.78, 5) is 17.4. The number of halogens is 1. The number of aromatic nitrogens is 2. The van der Waals surface area contributed by atoms with E-state index in [-0.39, 0.29) is 0 Å². The van der Waals surface area contributed by atoms with Gasteiger partial charge in [0.05, 0.1) is 5.52 Å². The lowest BCUT2D eigenvalue weighted by atomic mass is 10.2. The number of piperazine rings is 1. The Morgan fingerprint density at radius 1 is 0.710 bits per heavy atom. The van der Waals surface area contributed by atoms with Crippen LogP contribution in [-0.4, -0.2) is 54.1 Å². The minimum atomic E-state index is 0.852. The van der Waals surface area contributed by atoms with Crippen LogP contribution in [0.3, 0.4) is 0 Å². The van der Waals surface area contributed by atoms with Gasteiger partial charge < -0.3 is 9.80 Å². The Morgan fingerprint density at radius 2 is 1.42 bits per heavy atom. The Bertz CT molecular complexity index is 1020. The van der Waals surface area contributed by atoms with Gasteiger partial charge in [-0.1, -0.05) is 54.8 Å². The second kappa shape index (κ2) is 9.41. The summed E-state index contributed by atoms with van der Waals surface area (Å²) in [7, 11) is 0. The van der Waals surface area contributed by atoms with E-state index in [1.807, 2.05) is 12.1 Å². The highest BCUT2D eigenvalue weighted by molar-refractivity contribution is 6.31. The first-order valence-corrected chi connectivity index (χ1v) is 11.9. The van der Waals surface area contributed by atoms with Crippen molar-refractivity contribution in [2.45, 2.75) is 32.2 Å². The molecule has 0 N–H and O–H groups in total. The van der Waals surface area contributed by atoms with E-state index >= 15 is 0 Å². The maximum Gasteiger partial charge on any atom is 0.227 e. The maximum absolute atomic E-state index is 6.36. The van der Waals surface area contributed by atoms with Crippen LogP contribution in [0.5, 0.6) is 0 Å². The topological polar surface area (TPSA) is 35.5 Å². The lowest BCUT2D eigenvalue weighted by Crippen LogP contribution is -2.46. The first-order chi connectivity index (χ1) is 15.3. The smallest absolute Gasteiger partial charge is 0.227 e. The van der Waals surface area contributed by atoms with E-state index in [2.05, 4.69) is 51.1 Å². The third-order valence-electron chi connectivity index (χ3n) is 6.48. The Balaban J connectivity index is 1.35. The average Bonchev–Trinajstić information content (AvgIpc) is 3.10. The number of fused-ring (bicyclic) bond motifs is 1. The zero-order valence-electron chi connectivity index (χ0n) is 18.0. The lowest BCUT2D eigenvalue weighted by Gasteiger charge is -2.35. The van der Waals surface area contributed by atoms with E-state index in [4.69, 9.17) is 21.6 Å². The summed E-state index contributed by atoms with van der Waals surface area (Å²) in [5.74, 6) is 1.98. The molecule has 0 unspecified atom stereocenters. The van der Waals surface area contributed by atoms with Crippen LogP contribution >= 0.6 is 11.6 Å². The predicted octanol–water partition coefficient (Wildman–Crippen LogP) is 4.99. The monoisotopic (exact) mass is 435 g/mol. The number of anilines is 2. The highest BCUT2D eigenvalue weighted by Crippen LogP contribution is 2.29. The van der Waals surface area contributed by atoms with E-state index in [0.717, 1.165) is 68.1 Å². The molecule has 0 bridgehead atoms. The molecule has 2 aliphatic rings. The van der Waals surface area contributed by atoms with Crippen molar-refractivity contribution < 1.29 is 0 Å². The SMILES string of the molecule is Clc1ccccc1CN1CCN(c2nc(N3CCCCCC3)c3ccccc3n2)CC1. The van der Waals surface area contributed by atoms with Crippen LogP contribution in [-0.2, 0) is 6.54 Å². The van der Waals surface area contributed by atoms with Gasteiger partial charge in [0.1, 0.15) is 5.82 Å². The van der Waals surface area contributed by atoms with Gasteiger partial charge in [-0.25, -0.2) is 4.98 Å². The fourth-order valence-electron chi connectivity index (χ4n) is 4.69. The van der Waals surface area contributed by atoms with Gasteiger partial charge in [0.2, 0.25) is 5.95 Å². The molecule has 3 aromatic rings. The number of rotatable bonds is 4. The second-order valence-electron chi connectivity index (χ2n) is 8.62. The van der Waals surface area contributed by atoms with Gasteiger partial charge in [0, 0.05) is 56.2 Å². The molecule has 0 spiro atoms. The van der Waals surface area contributed by atoms with Crippen LogP contribution in [0.2, 0.25) is 5.02 Å². The van der Waals surface area contributed by atoms with Crippen molar-refractivity contribution >= 4 is 34.3 Å². The summed E-state index contributed by atoms with van der Waals surface area (Å²) in [5.41, 5.74) is 2.24. The molecule has 162 valence electrons. The molecule has 2 saturated heterocycles. The van der Waals surface area contributed by atoms with E-state index in [9.17, 15) is 0 Å². The molecule has 0 amide bonds. The molecular formula is C25H30ClN5. The zero-order valence-corrected chi connectivity index (χ0v) is 18.8. The van der Waals surface area contributed by atoms with Gasteiger partial charge in [-0.3, -0.25) is 4.90 Å². The second-order valence-corrected chi connectivity index (χ2v) is 9.03. The minimum absolute atomic E-state index is 0.852. The van der Waals surface area contributed by atoms with Crippen molar-refractivity contribution in [2.24, 2.45) is 0 Å². The van der Waals surface area contributed by atoms with E-state index in [1.165, 1.54) is 36.6 Å². The largest absolute Gasteiger partial charge is 0.356 e. The van der Waals surface area contributed by atoms with Crippen LogP contribution in [0.4, 0.5) is 11.8 Å². The summed E-state index contributed by atoms with van der Waals surface area (Å²) >= 11 is 6.36. The van der Waals surface area contributed by atoms with E-state index in [0.29, 0.717) is 0 Å². The number of para-hydroxylation sites is 1. The first-order valence-electron chi connectivity index (χ1n) is 11.5. The molecule has 5 nitrogen and oxygen atoms in total.